The summed E-state index contributed by atoms with van der Waals surface area (Å²) in [6.45, 7) is 1.68. The first-order chi connectivity index (χ1) is 35.7. The highest BCUT2D eigenvalue weighted by atomic mass is 33.1. The number of nitrogens with zero attached hydrogens (tertiary/aromatic N) is 2. The van der Waals surface area contributed by atoms with Gasteiger partial charge in [0.05, 0.1) is 13.0 Å². The Hall–Kier alpha value is -7.42. The van der Waals surface area contributed by atoms with Crippen molar-refractivity contribution in [3.05, 3.63) is 71.3 Å². The number of rotatable bonds is 20. The first-order valence-electron chi connectivity index (χ1n) is 24.3. The minimum Gasteiger partial charge on any atom is -0.370 e. The molecule has 7 atom stereocenters. The van der Waals surface area contributed by atoms with Crippen LogP contribution in [0.1, 0.15) is 74.5 Å². The van der Waals surface area contributed by atoms with Crippen molar-refractivity contribution in [2.75, 3.05) is 31.1 Å². The van der Waals surface area contributed by atoms with E-state index in [4.69, 9.17) is 28.7 Å². The number of aliphatic imine (C=N–C) groups is 1. The summed E-state index contributed by atoms with van der Waals surface area (Å²) in [5.74, 6) is -9.24. The van der Waals surface area contributed by atoms with Gasteiger partial charge in [-0.3, -0.25) is 57.7 Å². The van der Waals surface area contributed by atoms with Gasteiger partial charge in [-0.05, 0) is 56.6 Å². The van der Waals surface area contributed by atoms with E-state index in [1.165, 1.54) is 4.90 Å². The molecule has 27 heteroatoms. The Bertz CT molecular complexity index is 2390. The molecule has 2 saturated heterocycles. The third-order valence-electron chi connectivity index (χ3n) is 11.9. The van der Waals surface area contributed by atoms with Crippen LogP contribution < -0.4 is 65.9 Å². The molecule has 25 nitrogen and oxygen atoms in total. The summed E-state index contributed by atoms with van der Waals surface area (Å²) in [5.41, 5.74) is 29.3. The average molecular weight is 1080 g/mol. The van der Waals surface area contributed by atoms with Gasteiger partial charge in [0, 0.05) is 50.3 Å². The summed E-state index contributed by atoms with van der Waals surface area (Å²) in [6.07, 6.45) is -0.390. The molecule has 2 heterocycles. The van der Waals surface area contributed by atoms with Crippen LogP contribution in [0.3, 0.4) is 0 Å². The van der Waals surface area contributed by atoms with Crippen molar-refractivity contribution in [2.24, 2.45) is 33.7 Å². The van der Waals surface area contributed by atoms with E-state index >= 15 is 0 Å². The molecule has 408 valence electrons. The van der Waals surface area contributed by atoms with Crippen LogP contribution in [0.2, 0.25) is 0 Å². The van der Waals surface area contributed by atoms with Gasteiger partial charge < -0.3 is 70.8 Å². The maximum Gasteiger partial charge on any atom is 0.246 e. The minimum absolute atomic E-state index is 0.0349. The number of nitrogens with two attached hydrogens (primary N) is 5. The fourth-order valence-electron chi connectivity index (χ4n) is 8.04. The second-order valence-corrected chi connectivity index (χ2v) is 20.6. The molecule has 0 radical (unpaired) electrons. The van der Waals surface area contributed by atoms with Crippen molar-refractivity contribution < 1.29 is 52.7 Å². The smallest absolute Gasteiger partial charge is 0.246 e. The highest BCUT2D eigenvalue weighted by molar-refractivity contribution is 8.76. The summed E-state index contributed by atoms with van der Waals surface area (Å²) < 4.78 is 0. The largest absolute Gasteiger partial charge is 0.370 e. The fourth-order valence-corrected chi connectivity index (χ4v) is 10.2. The molecular formula is C48H68N14O11S2. The predicted octanol–water partition coefficient (Wildman–Crippen LogP) is -3.35. The van der Waals surface area contributed by atoms with Crippen molar-refractivity contribution in [2.45, 2.75) is 120 Å². The SMILES string of the molecule is Cc1ccc(CC2NC(=O)CCSSCC(C(=O)N3CCC[C@H]3C(=O)N[C@H](CCCCN=C(N)N)C(=O)NCC(N)=O)NC(=O)[C@H](CC(N)=O)NC(=O)[C@H](CCC(N)=O)NC(=O)C(Cc3ccccc3)NC2=O)cc1. The number of carbonyl (C=O) groups excluding carboxylic acids is 11. The molecule has 2 aliphatic rings. The monoisotopic (exact) mass is 1080 g/mol. The second-order valence-electron chi connectivity index (χ2n) is 18.0. The van der Waals surface area contributed by atoms with Gasteiger partial charge in [-0.25, -0.2) is 0 Å². The molecule has 0 bridgehead atoms. The molecule has 17 N–H and O–H groups in total. The Labute approximate surface area is 441 Å². The van der Waals surface area contributed by atoms with E-state index in [0.717, 1.165) is 27.2 Å². The Balaban J connectivity index is 1.68. The molecule has 2 aromatic rings. The van der Waals surface area contributed by atoms with Gasteiger partial charge in [0.1, 0.15) is 42.3 Å². The first kappa shape index (κ1) is 60.1. The van der Waals surface area contributed by atoms with Crippen molar-refractivity contribution in [3.8, 4) is 0 Å². The highest BCUT2D eigenvalue weighted by Crippen LogP contribution is 2.26. The summed E-state index contributed by atoms with van der Waals surface area (Å²) in [6, 6.07) is 6.29. The first-order valence-corrected chi connectivity index (χ1v) is 26.8. The van der Waals surface area contributed by atoms with Gasteiger partial charge in [0.2, 0.25) is 65.0 Å². The molecule has 0 aromatic heterocycles. The molecule has 2 aromatic carbocycles. The molecule has 75 heavy (non-hydrogen) atoms. The maximum absolute atomic E-state index is 14.6. The van der Waals surface area contributed by atoms with E-state index in [9.17, 15) is 52.7 Å². The van der Waals surface area contributed by atoms with Crippen LogP contribution in [-0.2, 0) is 65.6 Å². The zero-order valence-corrected chi connectivity index (χ0v) is 43.3. The van der Waals surface area contributed by atoms with Crippen molar-refractivity contribution in [1.82, 2.24) is 42.1 Å². The van der Waals surface area contributed by atoms with Crippen molar-refractivity contribution >= 4 is 92.5 Å². The Morgan fingerprint density at radius 1 is 0.720 bits per heavy atom. The highest BCUT2D eigenvalue weighted by Gasteiger charge is 2.40. The van der Waals surface area contributed by atoms with E-state index in [1.54, 1.807) is 42.5 Å². The number of hydrogen-bond donors (Lipinski definition) is 12. The van der Waals surface area contributed by atoms with E-state index in [2.05, 4.69) is 42.2 Å². The molecular weight excluding hydrogens is 1010 g/mol. The summed E-state index contributed by atoms with van der Waals surface area (Å²) in [4.78, 5) is 153. The number of nitrogens with one attached hydrogen (secondary N) is 7. The lowest BCUT2D eigenvalue weighted by atomic mass is 10.0. The van der Waals surface area contributed by atoms with Gasteiger partial charge in [-0.1, -0.05) is 81.7 Å². The molecule has 2 aliphatic heterocycles. The van der Waals surface area contributed by atoms with Gasteiger partial charge in [0.15, 0.2) is 5.96 Å². The molecule has 11 amide bonds. The van der Waals surface area contributed by atoms with E-state index in [-0.39, 0.29) is 62.7 Å². The standard InChI is InChI=1S/C48H68N14O11S2/c1-27-12-14-29(15-13-27)23-32-43(69)59-33(22-28-8-3-2-4-9-28)44(70)57-31(16-17-37(49)63)42(68)60-34(24-38(50)64)45(71)61-35(26-75-74-21-18-40(66)56-32)47(73)62-20-7-11-36(62)46(72)58-30(41(67)55-25-39(51)65)10-5-6-19-54-48(52)53/h2-4,8-9,12-15,30-36H,5-7,10-11,16-26H2,1H3,(H2,49,63)(H2,50,64)(H2,51,65)(H,55,67)(H,56,66)(H,57,70)(H,58,72)(H,59,69)(H,60,68)(H,61,71)(H4,52,53,54)/t30-,31+,32?,33?,34+,35?,36+/m1/s1. The zero-order chi connectivity index (χ0) is 55.0. The number of guanidine groups is 1. The topological polar surface area (TPSA) is 418 Å². The quantitative estimate of drug-likeness (QED) is 0.0267. The van der Waals surface area contributed by atoms with Crippen molar-refractivity contribution in [3.63, 3.8) is 0 Å². The van der Waals surface area contributed by atoms with Crippen LogP contribution >= 0.6 is 21.6 Å². The normalized spacial score (nSPS) is 21.6. The summed E-state index contributed by atoms with van der Waals surface area (Å²) >= 11 is 0. The average Bonchev–Trinajstić information content (AvgIpc) is 3.86. The predicted molar refractivity (Wildman–Crippen MR) is 280 cm³/mol. The number of unbranched alkanes of at least 4 members (excludes halogenated alkanes) is 1. The third kappa shape index (κ3) is 21.2. The van der Waals surface area contributed by atoms with Gasteiger partial charge in [-0.15, -0.1) is 0 Å². The molecule has 2 fully saturated rings. The number of carbonyl (C=O) groups is 11. The second kappa shape index (κ2) is 30.7. The molecule has 3 unspecified atom stereocenters. The summed E-state index contributed by atoms with van der Waals surface area (Å²) in [5, 5.41) is 18.2. The molecule has 4 rings (SSSR count). The zero-order valence-electron chi connectivity index (χ0n) is 41.6. The number of likely N-dealkylation sites (tertiary alicyclic amines) is 1. The van der Waals surface area contributed by atoms with Gasteiger partial charge >= 0.3 is 0 Å². The van der Waals surface area contributed by atoms with Crippen LogP contribution in [0.5, 0.6) is 0 Å². The Kier molecular flexibility index (Phi) is 24.6. The number of benzene rings is 2. The lowest BCUT2D eigenvalue weighted by Crippen LogP contribution is -2.61. The molecule has 0 aliphatic carbocycles. The number of aryl methyl sites for hydroxylation is 1. The van der Waals surface area contributed by atoms with E-state index in [1.807, 2.05) is 19.1 Å². The number of primary amides is 3. The maximum atomic E-state index is 14.6. The van der Waals surface area contributed by atoms with Crippen LogP contribution in [0, 0.1) is 6.92 Å². The van der Waals surface area contributed by atoms with Gasteiger partial charge in [-0.2, -0.15) is 0 Å². The molecule has 0 spiro atoms. The van der Waals surface area contributed by atoms with Crippen LogP contribution in [-0.4, -0.2) is 149 Å². The third-order valence-corrected chi connectivity index (χ3v) is 14.3. The van der Waals surface area contributed by atoms with Crippen LogP contribution in [0.25, 0.3) is 0 Å². The lowest BCUT2D eigenvalue weighted by Gasteiger charge is -2.31. The number of amides is 11. The van der Waals surface area contributed by atoms with Crippen LogP contribution in [0.15, 0.2) is 59.6 Å². The summed E-state index contributed by atoms with van der Waals surface area (Å²) in [7, 11) is 2.25. The fraction of sp³-hybridized carbons (Fsp3) is 0.500. The van der Waals surface area contributed by atoms with Gasteiger partial charge in [0.25, 0.3) is 0 Å². The van der Waals surface area contributed by atoms with E-state index in [0.29, 0.717) is 30.4 Å². The van der Waals surface area contributed by atoms with E-state index < -0.39 is 133 Å². The molecule has 0 saturated carbocycles. The van der Waals surface area contributed by atoms with Crippen LogP contribution in [0.4, 0.5) is 0 Å². The number of hydrogen-bond acceptors (Lipinski definition) is 14. The van der Waals surface area contributed by atoms with Crippen molar-refractivity contribution in [1.29, 1.82) is 0 Å². The Morgan fingerprint density at radius 2 is 1.33 bits per heavy atom. The Morgan fingerprint density at radius 3 is 1.97 bits per heavy atom. The lowest BCUT2D eigenvalue weighted by molar-refractivity contribution is -0.142. The minimum atomic E-state index is -1.75.